The van der Waals surface area contributed by atoms with Gasteiger partial charge in [0.1, 0.15) is 5.75 Å². The van der Waals surface area contributed by atoms with E-state index in [1.165, 1.54) is 7.11 Å². The van der Waals surface area contributed by atoms with E-state index in [1.54, 1.807) is 19.1 Å². The highest BCUT2D eigenvalue weighted by atomic mass is 35.5. The molecule has 0 fully saturated rings. The Morgan fingerprint density at radius 2 is 2.14 bits per heavy atom. The van der Waals surface area contributed by atoms with Gasteiger partial charge in [0.15, 0.2) is 5.78 Å². The molecule has 0 aliphatic rings. The number of Topliss-reactive ketones (excluding diaryl/α,β-unsaturated/α-hetero) is 1. The predicted molar refractivity (Wildman–Crippen MR) is 57.8 cm³/mol. The van der Waals surface area contributed by atoms with E-state index in [9.17, 15) is 4.79 Å². The highest BCUT2D eigenvalue weighted by molar-refractivity contribution is 6.34. The van der Waals surface area contributed by atoms with Gasteiger partial charge in [0.2, 0.25) is 0 Å². The molecule has 0 heterocycles. The molecule has 0 N–H and O–H groups in total. The molecule has 1 rings (SSSR count). The summed E-state index contributed by atoms with van der Waals surface area (Å²) in [5.74, 6) is 0.262. The third-order valence-electron chi connectivity index (χ3n) is 1.98. The molecule has 4 heteroatoms. The van der Waals surface area contributed by atoms with Gasteiger partial charge in [0, 0.05) is 5.02 Å². The monoisotopic (exact) mass is 232 g/mol. The molecule has 0 radical (unpaired) electrons. The van der Waals surface area contributed by atoms with E-state index in [1.807, 2.05) is 0 Å². The van der Waals surface area contributed by atoms with Gasteiger partial charge in [-0.1, -0.05) is 11.6 Å². The van der Waals surface area contributed by atoms with E-state index in [-0.39, 0.29) is 11.7 Å². The van der Waals surface area contributed by atoms with E-state index in [2.05, 4.69) is 0 Å². The molecule has 0 spiro atoms. The van der Waals surface area contributed by atoms with Crippen LogP contribution in [0.15, 0.2) is 12.1 Å². The van der Waals surface area contributed by atoms with Gasteiger partial charge in [-0.25, -0.2) is 0 Å². The van der Waals surface area contributed by atoms with Crippen LogP contribution in [0, 0.1) is 6.92 Å². The molecule has 0 aliphatic heterocycles. The lowest BCUT2D eigenvalue weighted by Gasteiger charge is -2.10. The van der Waals surface area contributed by atoms with Crippen molar-refractivity contribution in [3.05, 3.63) is 28.3 Å². The van der Waals surface area contributed by atoms with Gasteiger partial charge < -0.3 is 4.74 Å². The van der Waals surface area contributed by atoms with Gasteiger partial charge in [-0.3, -0.25) is 4.79 Å². The van der Waals surface area contributed by atoms with Crippen LogP contribution in [0.3, 0.4) is 0 Å². The quantitative estimate of drug-likeness (QED) is 0.592. The molecular formula is C10H10Cl2O2. The summed E-state index contributed by atoms with van der Waals surface area (Å²) in [6.07, 6.45) is 0. The number of alkyl halides is 1. The summed E-state index contributed by atoms with van der Waals surface area (Å²) in [4.78, 5) is 11.5. The zero-order valence-corrected chi connectivity index (χ0v) is 9.45. The minimum Gasteiger partial charge on any atom is -0.496 e. The molecule has 1 aromatic rings. The average molecular weight is 233 g/mol. The van der Waals surface area contributed by atoms with Gasteiger partial charge in [-0.05, 0) is 24.6 Å². The summed E-state index contributed by atoms with van der Waals surface area (Å²) in [5.41, 5.74) is 1.17. The molecule has 0 saturated heterocycles. The van der Waals surface area contributed by atoms with Crippen molar-refractivity contribution < 1.29 is 9.53 Å². The normalized spacial score (nSPS) is 10.0. The molecule has 76 valence electrons. The van der Waals surface area contributed by atoms with Crippen LogP contribution in [0.25, 0.3) is 0 Å². The summed E-state index contributed by atoms with van der Waals surface area (Å²) in [7, 11) is 1.51. The Hall–Kier alpha value is -0.730. The maximum Gasteiger partial charge on any atom is 0.181 e. The number of rotatable bonds is 3. The number of carbonyl (C=O) groups excluding carboxylic acids is 1. The van der Waals surface area contributed by atoms with E-state index in [4.69, 9.17) is 27.9 Å². The van der Waals surface area contributed by atoms with Crippen molar-refractivity contribution in [2.45, 2.75) is 6.92 Å². The van der Waals surface area contributed by atoms with E-state index in [0.717, 1.165) is 0 Å². The first-order chi connectivity index (χ1) is 6.61. The first-order valence-corrected chi connectivity index (χ1v) is 4.95. The number of ether oxygens (including phenoxy) is 1. The fourth-order valence-electron chi connectivity index (χ4n) is 1.24. The third kappa shape index (κ3) is 2.02. The zero-order chi connectivity index (χ0) is 10.7. The highest BCUT2D eigenvalue weighted by Gasteiger charge is 2.15. The Morgan fingerprint density at radius 1 is 1.50 bits per heavy atom. The summed E-state index contributed by atoms with van der Waals surface area (Å²) in [5, 5.41) is 0.541. The molecule has 0 bridgehead atoms. The van der Waals surface area contributed by atoms with Crippen molar-refractivity contribution in [3.8, 4) is 5.75 Å². The molecule has 2 nitrogen and oxygen atoms in total. The van der Waals surface area contributed by atoms with E-state index >= 15 is 0 Å². The molecule has 1 aromatic carbocycles. The van der Waals surface area contributed by atoms with Crippen molar-refractivity contribution in [1.82, 2.24) is 0 Å². The van der Waals surface area contributed by atoms with Crippen LogP contribution in [0.1, 0.15) is 15.9 Å². The topological polar surface area (TPSA) is 26.3 Å². The van der Waals surface area contributed by atoms with Gasteiger partial charge >= 0.3 is 0 Å². The molecule has 0 aromatic heterocycles. The first-order valence-electron chi connectivity index (χ1n) is 4.04. The van der Waals surface area contributed by atoms with Crippen LogP contribution < -0.4 is 4.74 Å². The van der Waals surface area contributed by atoms with E-state index in [0.29, 0.717) is 21.9 Å². The number of halogens is 2. The van der Waals surface area contributed by atoms with Crippen LogP contribution in [0.5, 0.6) is 5.75 Å². The Balaban J connectivity index is 3.35. The molecule has 0 saturated carbocycles. The van der Waals surface area contributed by atoms with Crippen LogP contribution in [-0.2, 0) is 0 Å². The second kappa shape index (κ2) is 4.67. The minimum absolute atomic E-state index is 0.0719. The Bertz CT molecular complexity index is 361. The zero-order valence-electron chi connectivity index (χ0n) is 7.93. The SMILES string of the molecule is COc1ccc(Cl)c(C)c1C(=O)CCl. The van der Waals surface area contributed by atoms with Crippen molar-refractivity contribution in [1.29, 1.82) is 0 Å². The number of hydrogen-bond acceptors (Lipinski definition) is 2. The molecule has 0 amide bonds. The fourth-order valence-corrected chi connectivity index (χ4v) is 1.54. The maximum atomic E-state index is 11.5. The third-order valence-corrected chi connectivity index (χ3v) is 2.63. The lowest BCUT2D eigenvalue weighted by molar-refractivity contribution is 0.101. The van der Waals surface area contributed by atoms with E-state index < -0.39 is 0 Å². The first kappa shape index (κ1) is 11.3. The highest BCUT2D eigenvalue weighted by Crippen LogP contribution is 2.28. The van der Waals surface area contributed by atoms with Crippen LogP contribution in [-0.4, -0.2) is 18.8 Å². The van der Waals surface area contributed by atoms with Crippen molar-refractivity contribution in [3.63, 3.8) is 0 Å². The molecule has 0 aliphatic carbocycles. The summed E-state index contributed by atoms with van der Waals surface area (Å²) in [6.45, 7) is 1.77. The predicted octanol–water partition coefficient (Wildman–Crippen LogP) is 3.08. The van der Waals surface area contributed by atoms with Gasteiger partial charge in [0.05, 0.1) is 18.6 Å². The number of hydrogen-bond donors (Lipinski definition) is 0. The van der Waals surface area contributed by atoms with Gasteiger partial charge in [0.25, 0.3) is 0 Å². The molecular weight excluding hydrogens is 223 g/mol. The second-order valence-corrected chi connectivity index (χ2v) is 3.48. The van der Waals surface area contributed by atoms with Gasteiger partial charge in [-0.15, -0.1) is 11.6 Å². The second-order valence-electron chi connectivity index (χ2n) is 2.81. The lowest BCUT2D eigenvalue weighted by Crippen LogP contribution is -2.06. The van der Waals surface area contributed by atoms with Crippen LogP contribution in [0.4, 0.5) is 0 Å². The van der Waals surface area contributed by atoms with Crippen molar-refractivity contribution >= 4 is 29.0 Å². The fraction of sp³-hybridized carbons (Fsp3) is 0.300. The standard InChI is InChI=1S/C10H10Cl2O2/c1-6-7(12)3-4-9(14-2)10(6)8(13)5-11/h3-4H,5H2,1-2H3. The molecule has 0 atom stereocenters. The Kier molecular flexibility index (Phi) is 3.78. The smallest absolute Gasteiger partial charge is 0.181 e. The van der Waals surface area contributed by atoms with Gasteiger partial charge in [-0.2, -0.15) is 0 Å². The summed E-state index contributed by atoms with van der Waals surface area (Å²) in [6, 6.07) is 3.36. The summed E-state index contributed by atoms with van der Waals surface area (Å²) >= 11 is 11.4. The average Bonchev–Trinajstić information content (AvgIpc) is 2.20. The minimum atomic E-state index is -0.177. The largest absolute Gasteiger partial charge is 0.496 e. The number of carbonyl (C=O) groups is 1. The Labute approximate surface area is 92.8 Å². The van der Waals surface area contributed by atoms with Crippen LogP contribution >= 0.6 is 23.2 Å². The number of methoxy groups -OCH3 is 1. The van der Waals surface area contributed by atoms with Crippen molar-refractivity contribution in [2.24, 2.45) is 0 Å². The number of benzene rings is 1. The lowest BCUT2D eigenvalue weighted by atomic mass is 10.0. The summed E-state index contributed by atoms with van der Waals surface area (Å²) < 4.78 is 5.07. The molecule has 0 unspecified atom stereocenters. The molecule has 14 heavy (non-hydrogen) atoms. The van der Waals surface area contributed by atoms with Crippen molar-refractivity contribution in [2.75, 3.05) is 13.0 Å². The number of ketones is 1. The Morgan fingerprint density at radius 3 is 2.64 bits per heavy atom. The maximum absolute atomic E-state index is 11.5. The van der Waals surface area contributed by atoms with Crippen LogP contribution in [0.2, 0.25) is 5.02 Å².